The Hall–Kier alpha value is -1.90. The molecule has 0 amide bonds. The molecule has 0 aromatic heterocycles. The molecular formula is C12H12O3. The van der Waals surface area contributed by atoms with Gasteiger partial charge in [0.15, 0.2) is 5.78 Å². The summed E-state index contributed by atoms with van der Waals surface area (Å²) in [5, 5.41) is 0. The molecule has 0 saturated carbocycles. The zero-order valence-electron chi connectivity index (χ0n) is 8.47. The number of allylic oxidation sites excluding steroid dienone is 1. The van der Waals surface area contributed by atoms with Crippen molar-refractivity contribution >= 4 is 11.8 Å². The van der Waals surface area contributed by atoms with Gasteiger partial charge in [0, 0.05) is 12.5 Å². The lowest BCUT2D eigenvalue weighted by Gasteiger charge is -1.95. The molecule has 1 aromatic carbocycles. The summed E-state index contributed by atoms with van der Waals surface area (Å²) < 4.78 is 4.37. The zero-order chi connectivity index (χ0) is 11.1. The average Bonchev–Trinajstić information content (AvgIpc) is 2.27. The summed E-state index contributed by atoms with van der Waals surface area (Å²) >= 11 is 0. The number of benzene rings is 1. The van der Waals surface area contributed by atoms with Gasteiger partial charge < -0.3 is 4.74 Å². The van der Waals surface area contributed by atoms with E-state index in [0.717, 1.165) is 11.6 Å². The SMILES string of the molecule is COC(=O)/C=C/C(=O)Cc1ccccc1. The van der Waals surface area contributed by atoms with E-state index in [1.807, 2.05) is 30.3 Å². The topological polar surface area (TPSA) is 43.4 Å². The van der Waals surface area contributed by atoms with Gasteiger partial charge in [0.25, 0.3) is 0 Å². The van der Waals surface area contributed by atoms with Gasteiger partial charge in [-0.15, -0.1) is 0 Å². The number of methoxy groups -OCH3 is 1. The molecule has 0 saturated heterocycles. The van der Waals surface area contributed by atoms with Crippen molar-refractivity contribution in [2.45, 2.75) is 6.42 Å². The monoisotopic (exact) mass is 204 g/mol. The minimum absolute atomic E-state index is 0.119. The van der Waals surface area contributed by atoms with Crippen LogP contribution in [-0.2, 0) is 20.7 Å². The summed E-state index contributed by atoms with van der Waals surface area (Å²) in [6.07, 6.45) is 2.67. The number of ether oxygens (including phenoxy) is 1. The molecular weight excluding hydrogens is 192 g/mol. The van der Waals surface area contributed by atoms with Crippen molar-refractivity contribution in [1.82, 2.24) is 0 Å². The molecule has 3 heteroatoms. The molecule has 15 heavy (non-hydrogen) atoms. The summed E-state index contributed by atoms with van der Waals surface area (Å²) in [7, 11) is 1.27. The fourth-order valence-electron chi connectivity index (χ4n) is 1.09. The van der Waals surface area contributed by atoms with Crippen molar-refractivity contribution in [2.24, 2.45) is 0 Å². The van der Waals surface area contributed by atoms with E-state index in [9.17, 15) is 9.59 Å². The van der Waals surface area contributed by atoms with Crippen LogP contribution in [0, 0.1) is 0 Å². The van der Waals surface area contributed by atoms with Gasteiger partial charge in [-0.1, -0.05) is 30.3 Å². The first-order valence-corrected chi connectivity index (χ1v) is 4.55. The van der Waals surface area contributed by atoms with Crippen molar-refractivity contribution < 1.29 is 14.3 Å². The Morgan fingerprint density at radius 2 is 1.87 bits per heavy atom. The van der Waals surface area contributed by atoms with Gasteiger partial charge in [-0.05, 0) is 11.6 Å². The first kappa shape index (κ1) is 11.2. The molecule has 0 N–H and O–H groups in total. The van der Waals surface area contributed by atoms with Gasteiger partial charge in [-0.2, -0.15) is 0 Å². The third-order valence-electron chi connectivity index (χ3n) is 1.83. The predicted molar refractivity (Wildman–Crippen MR) is 56.3 cm³/mol. The average molecular weight is 204 g/mol. The van der Waals surface area contributed by atoms with Crippen LogP contribution >= 0.6 is 0 Å². The third kappa shape index (κ3) is 4.22. The normalized spacial score (nSPS) is 10.2. The first-order valence-electron chi connectivity index (χ1n) is 4.55. The summed E-state index contributed by atoms with van der Waals surface area (Å²) in [5.74, 6) is -0.636. The maximum atomic E-state index is 11.3. The number of hydrogen-bond donors (Lipinski definition) is 0. The van der Waals surface area contributed by atoms with E-state index in [0.29, 0.717) is 6.42 Å². The fraction of sp³-hybridized carbons (Fsp3) is 0.167. The van der Waals surface area contributed by atoms with Gasteiger partial charge in [0.1, 0.15) is 0 Å². The van der Waals surface area contributed by atoms with E-state index in [1.165, 1.54) is 13.2 Å². The van der Waals surface area contributed by atoms with Crippen LogP contribution in [0.2, 0.25) is 0 Å². The summed E-state index contributed by atoms with van der Waals surface area (Å²) in [4.78, 5) is 22.0. The van der Waals surface area contributed by atoms with Crippen molar-refractivity contribution in [3.63, 3.8) is 0 Å². The largest absolute Gasteiger partial charge is 0.466 e. The number of carbonyl (C=O) groups excluding carboxylic acids is 2. The van der Waals surface area contributed by atoms with E-state index in [2.05, 4.69) is 4.74 Å². The van der Waals surface area contributed by atoms with Crippen LogP contribution in [0.4, 0.5) is 0 Å². The standard InChI is InChI=1S/C12H12O3/c1-15-12(14)8-7-11(13)9-10-5-3-2-4-6-10/h2-8H,9H2,1H3/b8-7+. The van der Waals surface area contributed by atoms with Gasteiger partial charge in [-0.3, -0.25) is 4.79 Å². The molecule has 0 atom stereocenters. The Balaban J connectivity index is 2.50. The molecule has 0 fully saturated rings. The molecule has 1 rings (SSSR count). The van der Waals surface area contributed by atoms with Crippen LogP contribution in [-0.4, -0.2) is 18.9 Å². The number of hydrogen-bond acceptors (Lipinski definition) is 3. The Morgan fingerprint density at radius 1 is 1.20 bits per heavy atom. The molecule has 0 spiro atoms. The quantitative estimate of drug-likeness (QED) is 0.551. The molecule has 0 radical (unpaired) electrons. The summed E-state index contributed by atoms with van der Waals surface area (Å²) in [6.45, 7) is 0. The summed E-state index contributed by atoms with van der Waals surface area (Å²) in [6, 6.07) is 9.35. The smallest absolute Gasteiger partial charge is 0.330 e. The zero-order valence-corrected chi connectivity index (χ0v) is 8.47. The number of rotatable bonds is 4. The molecule has 0 bridgehead atoms. The highest BCUT2D eigenvalue weighted by atomic mass is 16.5. The lowest BCUT2D eigenvalue weighted by atomic mass is 10.1. The van der Waals surface area contributed by atoms with Gasteiger partial charge in [0.2, 0.25) is 0 Å². The number of ketones is 1. The van der Waals surface area contributed by atoms with Crippen LogP contribution in [0.3, 0.4) is 0 Å². The van der Waals surface area contributed by atoms with Gasteiger partial charge in [0.05, 0.1) is 7.11 Å². The minimum atomic E-state index is -0.517. The second-order valence-electron chi connectivity index (χ2n) is 2.99. The second-order valence-corrected chi connectivity index (χ2v) is 2.99. The number of carbonyl (C=O) groups is 2. The lowest BCUT2D eigenvalue weighted by molar-refractivity contribution is -0.135. The number of esters is 1. The van der Waals surface area contributed by atoms with E-state index in [-0.39, 0.29) is 5.78 Å². The first-order chi connectivity index (χ1) is 7.22. The third-order valence-corrected chi connectivity index (χ3v) is 1.83. The minimum Gasteiger partial charge on any atom is -0.466 e. The molecule has 0 heterocycles. The molecule has 0 aliphatic heterocycles. The summed E-state index contributed by atoms with van der Waals surface area (Å²) in [5.41, 5.74) is 0.928. The van der Waals surface area contributed by atoms with E-state index >= 15 is 0 Å². The fourth-order valence-corrected chi connectivity index (χ4v) is 1.09. The van der Waals surface area contributed by atoms with Crippen molar-refractivity contribution in [2.75, 3.05) is 7.11 Å². The molecule has 78 valence electrons. The molecule has 0 unspecified atom stereocenters. The lowest BCUT2D eigenvalue weighted by Crippen LogP contribution is -2.01. The molecule has 0 aliphatic rings. The van der Waals surface area contributed by atoms with Crippen LogP contribution < -0.4 is 0 Å². The Labute approximate surface area is 88.4 Å². The Kier molecular flexibility index (Phi) is 4.29. The molecule has 0 aliphatic carbocycles. The molecule has 1 aromatic rings. The van der Waals surface area contributed by atoms with Crippen LogP contribution in [0.25, 0.3) is 0 Å². The highest BCUT2D eigenvalue weighted by molar-refractivity contribution is 5.96. The maximum absolute atomic E-state index is 11.3. The van der Waals surface area contributed by atoms with E-state index in [4.69, 9.17) is 0 Å². The highest BCUT2D eigenvalue weighted by Gasteiger charge is 2.00. The van der Waals surface area contributed by atoms with Crippen LogP contribution in [0.5, 0.6) is 0 Å². The molecule has 3 nitrogen and oxygen atoms in total. The Bertz CT molecular complexity index is 366. The van der Waals surface area contributed by atoms with E-state index < -0.39 is 5.97 Å². The van der Waals surface area contributed by atoms with Crippen LogP contribution in [0.15, 0.2) is 42.5 Å². The van der Waals surface area contributed by atoms with E-state index in [1.54, 1.807) is 0 Å². The maximum Gasteiger partial charge on any atom is 0.330 e. The van der Waals surface area contributed by atoms with Crippen molar-refractivity contribution in [3.05, 3.63) is 48.0 Å². The predicted octanol–water partition coefficient (Wildman–Crippen LogP) is 1.53. The Morgan fingerprint density at radius 3 is 2.47 bits per heavy atom. The van der Waals surface area contributed by atoms with Gasteiger partial charge in [-0.25, -0.2) is 4.79 Å². The second kappa shape index (κ2) is 5.75. The van der Waals surface area contributed by atoms with Crippen molar-refractivity contribution in [1.29, 1.82) is 0 Å². The van der Waals surface area contributed by atoms with Crippen LogP contribution in [0.1, 0.15) is 5.56 Å². The highest BCUT2D eigenvalue weighted by Crippen LogP contribution is 2.00. The van der Waals surface area contributed by atoms with Gasteiger partial charge >= 0.3 is 5.97 Å². The van der Waals surface area contributed by atoms with Crippen molar-refractivity contribution in [3.8, 4) is 0 Å².